The van der Waals surface area contributed by atoms with Gasteiger partial charge in [-0.1, -0.05) is 32.0 Å². The van der Waals surface area contributed by atoms with Gasteiger partial charge < -0.3 is 0 Å². The molecule has 20 heavy (non-hydrogen) atoms. The molecule has 1 nitrogen and oxygen atoms in total. The van der Waals surface area contributed by atoms with Crippen molar-refractivity contribution in [3.63, 3.8) is 0 Å². The predicted octanol–water partition coefficient (Wildman–Crippen LogP) is 4.27. The molecule has 0 aliphatic carbocycles. The van der Waals surface area contributed by atoms with Crippen molar-refractivity contribution in [2.45, 2.75) is 46.6 Å². The Hall–Kier alpha value is -1.63. The van der Waals surface area contributed by atoms with Gasteiger partial charge in [0.25, 0.3) is 0 Å². The Morgan fingerprint density at radius 3 is 2.75 bits per heavy atom. The maximum atomic E-state index is 2.46. The lowest BCUT2D eigenvalue weighted by Gasteiger charge is -2.21. The number of hydrogen-bond acceptors (Lipinski definition) is 0. The maximum absolute atomic E-state index is 2.46. The number of aryl methyl sites for hydroxylation is 1. The highest BCUT2D eigenvalue weighted by Crippen LogP contribution is 2.30. The van der Waals surface area contributed by atoms with E-state index in [2.05, 4.69) is 68.8 Å². The molecular weight excluding hydrogens is 242 g/mol. The smallest absolute Gasteiger partial charge is 0.195 e. The Labute approximate surface area is 122 Å². The van der Waals surface area contributed by atoms with E-state index >= 15 is 0 Å². The first-order valence-corrected chi connectivity index (χ1v) is 7.69. The average Bonchev–Trinajstić information content (AvgIpc) is 2.40. The van der Waals surface area contributed by atoms with Crippen LogP contribution in [0.4, 0.5) is 0 Å². The second-order valence-electron chi connectivity index (χ2n) is 6.58. The van der Waals surface area contributed by atoms with E-state index in [-0.39, 0.29) is 0 Å². The molecule has 1 unspecified atom stereocenters. The molecule has 1 aliphatic rings. The number of benzene rings is 1. The first-order valence-electron chi connectivity index (χ1n) is 7.69. The SMILES string of the molecule is Cc1c[n+]2c(cc1CC(C)C)-c1ccccc1CC2C. The van der Waals surface area contributed by atoms with E-state index in [0.29, 0.717) is 12.0 Å². The van der Waals surface area contributed by atoms with Crippen LogP contribution in [0.1, 0.15) is 43.5 Å². The summed E-state index contributed by atoms with van der Waals surface area (Å²) in [5.74, 6) is 0.702. The molecule has 0 saturated carbocycles. The van der Waals surface area contributed by atoms with Crippen LogP contribution in [0.5, 0.6) is 0 Å². The van der Waals surface area contributed by atoms with Crippen molar-refractivity contribution in [1.82, 2.24) is 0 Å². The molecule has 2 heterocycles. The van der Waals surface area contributed by atoms with Crippen molar-refractivity contribution in [2.75, 3.05) is 0 Å². The van der Waals surface area contributed by atoms with Gasteiger partial charge in [0, 0.05) is 23.6 Å². The molecule has 0 bridgehead atoms. The third kappa shape index (κ3) is 2.26. The number of hydrogen-bond donors (Lipinski definition) is 0. The molecule has 1 aromatic heterocycles. The van der Waals surface area contributed by atoms with Gasteiger partial charge in [-0.2, -0.15) is 4.57 Å². The van der Waals surface area contributed by atoms with Crippen LogP contribution < -0.4 is 4.57 Å². The van der Waals surface area contributed by atoms with Crippen molar-refractivity contribution in [1.29, 1.82) is 0 Å². The fraction of sp³-hybridized carbons (Fsp3) is 0.421. The van der Waals surface area contributed by atoms with Gasteiger partial charge in [-0.05, 0) is 43.4 Å². The Morgan fingerprint density at radius 1 is 1.25 bits per heavy atom. The summed E-state index contributed by atoms with van der Waals surface area (Å²) in [6.07, 6.45) is 4.65. The van der Waals surface area contributed by atoms with Gasteiger partial charge in [-0.3, -0.25) is 0 Å². The summed E-state index contributed by atoms with van der Waals surface area (Å²) in [4.78, 5) is 0. The molecule has 3 rings (SSSR count). The molecule has 1 atom stereocenters. The van der Waals surface area contributed by atoms with Gasteiger partial charge in [0.05, 0.1) is 0 Å². The van der Waals surface area contributed by atoms with E-state index in [1.165, 1.54) is 27.9 Å². The molecule has 0 fully saturated rings. The van der Waals surface area contributed by atoms with Crippen LogP contribution in [0, 0.1) is 12.8 Å². The van der Waals surface area contributed by atoms with Gasteiger partial charge in [0.1, 0.15) is 0 Å². The summed E-state index contributed by atoms with van der Waals surface area (Å²) in [6.45, 7) is 9.16. The molecule has 0 spiro atoms. The minimum Gasteiger partial charge on any atom is -0.195 e. The third-order valence-corrected chi connectivity index (χ3v) is 4.34. The Kier molecular flexibility index (Phi) is 3.37. The van der Waals surface area contributed by atoms with E-state index in [4.69, 9.17) is 0 Å². The Morgan fingerprint density at radius 2 is 2.00 bits per heavy atom. The average molecular weight is 266 g/mol. The van der Waals surface area contributed by atoms with Gasteiger partial charge in [-0.25, -0.2) is 0 Å². The van der Waals surface area contributed by atoms with Crippen molar-refractivity contribution in [2.24, 2.45) is 5.92 Å². The highest BCUT2D eigenvalue weighted by Gasteiger charge is 2.29. The predicted molar refractivity (Wildman–Crippen MR) is 83.8 cm³/mol. The van der Waals surface area contributed by atoms with Crippen LogP contribution in [0.3, 0.4) is 0 Å². The Bertz CT molecular complexity index is 640. The largest absolute Gasteiger partial charge is 0.213 e. The first-order chi connectivity index (χ1) is 9.56. The quantitative estimate of drug-likeness (QED) is 0.715. The summed E-state index contributed by atoms with van der Waals surface area (Å²) >= 11 is 0. The second kappa shape index (κ2) is 5.05. The number of fused-ring (bicyclic) bond motifs is 3. The fourth-order valence-electron chi connectivity index (χ4n) is 3.32. The lowest BCUT2D eigenvalue weighted by molar-refractivity contribution is -0.711. The van der Waals surface area contributed by atoms with E-state index in [9.17, 15) is 0 Å². The lowest BCUT2D eigenvalue weighted by Crippen LogP contribution is -2.44. The number of nitrogens with zero attached hydrogens (tertiary/aromatic N) is 1. The molecular formula is C19H24N+. The molecule has 2 aromatic rings. The summed E-state index contributed by atoms with van der Waals surface area (Å²) in [6, 6.07) is 11.8. The monoisotopic (exact) mass is 266 g/mol. The topological polar surface area (TPSA) is 3.88 Å². The van der Waals surface area contributed by atoms with E-state index in [1.54, 1.807) is 0 Å². The molecule has 1 heteroatoms. The number of aromatic nitrogens is 1. The van der Waals surface area contributed by atoms with Crippen LogP contribution in [0.25, 0.3) is 11.3 Å². The molecule has 0 N–H and O–H groups in total. The molecule has 104 valence electrons. The summed E-state index contributed by atoms with van der Waals surface area (Å²) < 4.78 is 2.46. The minimum absolute atomic E-state index is 0.548. The maximum Gasteiger partial charge on any atom is 0.213 e. The lowest BCUT2D eigenvalue weighted by atomic mass is 9.90. The van der Waals surface area contributed by atoms with Crippen molar-refractivity contribution in [3.8, 4) is 11.3 Å². The molecule has 0 saturated heterocycles. The van der Waals surface area contributed by atoms with E-state index in [0.717, 1.165) is 12.8 Å². The molecule has 1 aliphatic heterocycles. The van der Waals surface area contributed by atoms with E-state index in [1.807, 2.05) is 0 Å². The minimum atomic E-state index is 0.548. The van der Waals surface area contributed by atoms with Crippen LogP contribution in [0.2, 0.25) is 0 Å². The van der Waals surface area contributed by atoms with Gasteiger partial charge >= 0.3 is 0 Å². The molecule has 0 amide bonds. The number of pyridine rings is 1. The summed E-state index contributed by atoms with van der Waals surface area (Å²) in [7, 11) is 0. The van der Waals surface area contributed by atoms with Crippen molar-refractivity contribution < 1.29 is 4.57 Å². The van der Waals surface area contributed by atoms with Gasteiger partial charge in [0.2, 0.25) is 5.69 Å². The summed E-state index contributed by atoms with van der Waals surface area (Å²) in [5.41, 5.74) is 7.21. The highest BCUT2D eigenvalue weighted by atomic mass is 15.0. The van der Waals surface area contributed by atoms with Crippen LogP contribution in [-0.2, 0) is 12.8 Å². The fourth-order valence-corrected chi connectivity index (χ4v) is 3.32. The van der Waals surface area contributed by atoms with Crippen LogP contribution in [-0.4, -0.2) is 0 Å². The zero-order valence-corrected chi connectivity index (χ0v) is 13.0. The Balaban J connectivity index is 2.17. The standard InChI is InChI=1S/C19H24N/c1-13(2)9-17-11-19-18-8-6-5-7-16(18)10-15(4)20(19)12-14(17)3/h5-8,11-13,15H,9-10H2,1-4H3/q+1. The summed E-state index contributed by atoms with van der Waals surface area (Å²) in [5, 5.41) is 0. The number of rotatable bonds is 2. The normalized spacial score (nSPS) is 16.9. The van der Waals surface area contributed by atoms with Gasteiger partial charge in [-0.15, -0.1) is 0 Å². The van der Waals surface area contributed by atoms with Crippen molar-refractivity contribution in [3.05, 3.63) is 53.2 Å². The van der Waals surface area contributed by atoms with Crippen LogP contribution >= 0.6 is 0 Å². The third-order valence-electron chi connectivity index (χ3n) is 4.34. The molecule has 1 aromatic carbocycles. The molecule has 0 radical (unpaired) electrons. The van der Waals surface area contributed by atoms with E-state index < -0.39 is 0 Å². The van der Waals surface area contributed by atoms with Crippen LogP contribution in [0.15, 0.2) is 36.5 Å². The van der Waals surface area contributed by atoms with Crippen molar-refractivity contribution >= 4 is 0 Å². The zero-order chi connectivity index (χ0) is 14.3. The zero-order valence-electron chi connectivity index (χ0n) is 13.0. The second-order valence-corrected chi connectivity index (χ2v) is 6.58. The first kappa shape index (κ1) is 13.4. The highest BCUT2D eigenvalue weighted by molar-refractivity contribution is 5.63. The van der Waals surface area contributed by atoms with Gasteiger partial charge in [0.15, 0.2) is 12.2 Å².